The maximum absolute atomic E-state index is 5.52. The van der Waals surface area contributed by atoms with E-state index in [9.17, 15) is 0 Å². The summed E-state index contributed by atoms with van der Waals surface area (Å²) in [5.41, 5.74) is 10.3. The molecule has 0 amide bonds. The zero-order valence-corrected chi connectivity index (χ0v) is 11.7. The fourth-order valence-corrected chi connectivity index (χ4v) is 2.09. The number of nitrogens with two attached hydrogens (primary N) is 1. The molecule has 0 bridgehead atoms. The predicted octanol–water partition coefficient (Wildman–Crippen LogP) is 2.16. The van der Waals surface area contributed by atoms with Crippen LogP contribution in [0.1, 0.15) is 11.1 Å². The van der Waals surface area contributed by atoms with E-state index >= 15 is 0 Å². The summed E-state index contributed by atoms with van der Waals surface area (Å²) in [6, 6.07) is 6.40. The molecule has 4 heteroatoms. The molecule has 2 aromatic rings. The molecule has 0 unspecified atom stereocenters. The van der Waals surface area contributed by atoms with E-state index in [2.05, 4.69) is 42.0 Å². The average Bonchev–Trinajstić information content (AvgIpc) is 2.39. The van der Waals surface area contributed by atoms with Crippen LogP contribution in [0, 0.1) is 13.8 Å². The summed E-state index contributed by atoms with van der Waals surface area (Å²) in [6.45, 7) is 5.55. The van der Waals surface area contributed by atoms with Crippen molar-refractivity contribution in [2.45, 2.75) is 13.8 Å². The van der Waals surface area contributed by atoms with Crippen LogP contribution in [0.5, 0.6) is 0 Å². The minimum atomic E-state index is 0.596. The third-order valence-corrected chi connectivity index (χ3v) is 3.14. The van der Waals surface area contributed by atoms with Gasteiger partial charge in [-0.15, -0.1) is 0 Å². The lowest BCUT2D eigenvalue weighted by atomic mass is 10.0. The third-order valence-electron chi connectivity index (χ3n) is 3.14. The van der Waals surface area contributed by atoms with Crippen molar-refractivity contribution in [3.8, 4) is 11.1 Å². The lowest BCUT2D eigenvalue weighted by Crippen LogP contribution is -2.26. The Labute approximate surface area is 114 Å². The molecule has 4 nitrogen and oxygen atoms in total. The summed E-state index contributed by atoms with van der Waals surface area (Å²) in [4.78, 5) is 10.7. The Kier molecular flexibility index (Phi) is 4.12. The zero-order valence-electron chi connectivity index (χ0n) is 11.7. The number of rotatable bonds is 4. The van der Waals surface area contributed by atoms with Crippen LogP contribution in [0.4, 0.5) is 5.95 Å². The second-order valence-electron chi connectivity index (χ2n) is 4.80. The molecule has 0 atom stereocenters. The fraction of sp³-hybridized carbons (Fsp3) is 0.333. The molecular weight excluding hydrogens is 236 g/mol. The number of aromatic nitrogens is 2. The molecule has 0 fully saturated rings. The van der Waals surface area contributed by atoms with Gasteiger partial charge in [-0.1, -0.05) is 23.8 Å². The van der Waals surface area contributed by atoms with Gasteiger partial charge in [0.2, 0.25) is 5.95 Å². The number of hydrogen-bond acceptors (Lipinski definition) is 4. The Morgan fingerprint density at radius 3 is 2.42 bits per heavy atom. The van der Waals surface area contributed by atoms with Gasteiger partial charge in [-0.2, -0.15) is 0 Å². The van der Waals surface area contributed by atoms with Gasteiger partial charge in [-0.3, -0.25) is 0 Å². The number of likely N-dealkylation sites (N-methyl/N-ethyl adjacent to an activating group) is 1. The molecule has 0 aliphatic heterocycles. The van der Waals surface area contributed by atoms with Crippen LogP contribution in [0.25, 0.3) is 11.1 Å². The number of hydrogen-bond donors (Lipinski definition) is 1. The molecule has 1 aromatic heterocycles. The van der Waals surface area contributed by atoms with Gasteiger partial charge in [-0.25, -0.2) is 9.97 Å². The molecule has 0 aliphatic rings. The van der Waals surface area contributed by atoms with Crippen LogP contribution in [0.15, 0.2) is 30.6 Å². The molecule has 2 rings (SSSR count). The highest BCUT2D eigenvalue weighted by Gasteiger charge is 2.06. The molecule has 0 aliphatic carbocycles. The SMILES string of the molecule is Cc1ccc(-c2cnc(N(C)CCN)nc2)c(C)c1. The molecule has 19 heavy (non-hydrogen) atoms. The van der Waals surface area contributed by atoms with Crippen molar-refractivity contribution in [3.63, 3.8) is 0 Å². The van der Waals surface area contributed by atoms with E-state index < -0.39 is 0 Å². The summed E-state index contributed by atoms with van der Waals surface area (Å²) in [6.07, 6.45) is 3.74. The van der Waals surface area contributed by atoms with Gasteiger partial charge in [0.25, 0.3) is 0 Å². The van der Waals surface area contributed by atoms with Crippen molar-refractivity contribution in [1.29, 1.82) is 0 Å². The van der Waals surface area contributed by atoms with E-state index in [4.69, 9.17) is 5.73 Å². The van der Waals surface area contributed by atoms with Crippen molar-refractivity contribution in [3.05, 3.63) is 41.7 Å². The van der Waals surface area contributed by atoms with Crippen LogP contribution < -0.4 is 10.6 Å². The van der Waals surface area contributed by atoms with E-state index in [0.717, 1.165) is 12.1 Å². The van der Waals surface area contributed by atoms with Crippen LogP contribution in [0.3, 0.4) is 0 Å². The van der Waals surface area contributed by atoms with Gasteiger partial charge in [0.15, 0.2) is 0 Å². The van der Waals surface area contributed by atoms with Gasteiger partial charge in [0.1, 0.15) is 0 Å². The van der Waals surface area contributed by atoms with Crippen LogP contribution >= 0.6 is 0 Å². The first kappa shape index (κ1) is 13.5. The summed E-state index contributed by atoms with van der Waals surface area (Å²) in [5, 5.41) is 0. The Bertz CT molecular complexity index is 549. The molecule has 0 spiro atoms. The van der Waals surface area contributed by atoms with Crippen molar-refractivity contribution in [1.82, 2.24) is 9.97 Å². The summed E-state index contributed by atoms with van der Waals surface area (Å²) in [5.74, 6) is 0.707. The predicted molar refractivity (Wildman–Crippen MR) is 79.3 cm³/mol. The summed E-state index contributed by atoms with van der Waals surface area (Å²) >= 11 is 0. The van der Waals surface area contributed by atoms with Crippen LogP contribution in [0.2, 0.25) is 0 Å². The molecular formula is C15H20N4. The molecule has 2 N–H and O–H groups in total. The topological polar surface area (TPSA) is 55.0 Å². The molecule has 1 heterocycles. The van der Waals surface area contributed by atoms with Crippen molar-refractivity contribution in [2.24, 2.45) is 5.73 Å². The van der Waals surface area contributed by atoms with E-state index in [0.29, 0.717) is 12.5 Å². The molecule has 0 radical (unpaired) electrons. The summed E-state index contributed by atoms with van der Waals surface area (Å²) < 4.78 is 0. The largest absolute Gasteiger partial charge is 0.343 e. The van der Waals surface area contributed by atoms with Gasteiger partial charge in [-0.05, 0) is 25.0 Å². The third kappa shape index (κ3) is 3.09. The van der Waals surface area contributed by atoms with E-state index in [-0.39, 0.29) is 0 Å². The lowest BCUT2D eigenvalue weighted by Gasteiger charge is -2.15. The Hall–Kier alpha value is -1.94. The standard InChI is InChI=1S/C15H20N4/c1-11-4-5-14(12(2)8-11)13-9-17-15(18-10-13)19(3)7-6-16/h4-5,8-10H,6-7,16H2,1-3H3. The number of nitrogens with zero attached hydrogens (tertiary/aromatic N) is 3. The maximum Gasteiger partial charge on any atom is 0.225 e. The van der Waals surface area contributed by atoms with E-state index in [1.165, 1.54) is 16.7 Å². The summed E-state index contributed by atoms with van der Waals surface area (Å²) in [7, 11) is 1.94. The normalized spacial score (nSPS) is 10.5. The Morgan fingerprint density at radius 2 is 1.84 bits per heavy atom. The Morgan fingerprint density at radius 1 is 1.16 bits per heavy atom. The highest BCUT2D eigenvalue weighted by Crippen LogP contribution is 2.23. The van der Waals surface area contributed by atoms with E-state index in [1.54, 1.807) is 0 Å². The molecule has 100 valence electrons. The number of anilines is 1. The average molecular weight is 256 g/mol. The van der Waals surface area contributed by atoms with Gasteiger partial charge >= 0.3 is 0 Å². The highest BCUT2D eigenvalue weighted by molar-refractivity contribution is 5.66. The van der Waals surface area contributed by atoms with Gasteiger partial charge in [0, 0.05) is 38.1 Å². The smallest absolute Gasteiger partial charge is 0.225 e. The van der Waals surface area contributed by atoms with E-state index in [1.807, 2.05) is 24.3 Å². The minimum Gasteiger partial charge on any atom is -0.343 e. The first-order valence-electron chi connectivity index (χ1n) is 6.42. The zero-order chi connectivity index (χ0) is 13.8. The van der Waals surface area contributed by atoms with Gasteiger partial charge in [0.05, 0.1) is 0 Å². The minimum absolute atomic E-state index is 0.596. The van der Waals surface area contributed by atoms with Crippen LogP contribution in [-0.2, 0) is 0 Å². The number of aryl methyl sites for hydroxylation is 2. The maximum atomic E-state index is 5.52. The second kappa shape index (κ2) is 5.80. The van der Waals surface area contributed by atoms with Crippen LogP contribution in [-0.4, -0.2) is 30.1 Å². The van der Waals surface area contributed by atoms with Crippen molar-refractivity contribution >= 4 is 5.95 Å². The fourth-order valence-electron chi connectivity index (χ4n) is 2.09. The first-order valence-corrected chi connectivity index (χ1v) is 6.42. The highest BCUT2D eigenvalue weighted by atomic mass is 15.2. The lowest BCUT2D eigenvalue weighted by molar-refractivity contribution is 0.846. The second-order valence-corrected chi connectivity index (χ2v) is 4.80. The number of benzene rings is 1. The van der Waals surface area contributed by atoms with Gasteiger partial charge < -0.3 is 10.6 Å². The van der Waals surface area contributed by atoms with Crippen molar-refractivity contribution in [2.75, 3.05) is 25.0 Å². The Balaban J connectivity index is 2.27. The molecule has 1 aromatic carbocycles. The first-order chi connectivity index (χ1) is 9.11. The van der Waals surface area contributed by atoms with Crippen molar-refractivity contribution < 1.29 is 0 Å². The molecule has 0 saturated heterocycles. The molecule has 0 saturated carbocycles. The quantitative estimate of drug-likeness (QED) is 0.910. The monoisotopic (exact) mass is 256 g/mol.